The first kappa shape index (κ1) is 19.2. The van der Waals surface area contributed by atoms with Crippen molar-refractivity contribution in [2.45, 2.75) is 26.0 Å². The van der Waals surface area contributed by atoms with Crippen molar-refractivity contribution in [3.63, 3.8) is 0 Å². The lowest BCUT2D eigenvalue weighted by atomic mass is 10.0. The number of rotatable bonds is 5. The van der Waals surface area contributed by atoms with E-state index >= 15 is 0 Å². The highest BCUT2D eigenvalue weighted by Crippen LogP contribution is 2.22. The second kappa shape index (κ2) is 7.58. The van der Waals surface area contributed by atoms with Crippen LogP contribution in [0.25, 0.3) is 11.3 Å². The van der Waals surface area contributed by atoms with Crippen molar-refractivity contribution in [1.29, 1.82) is 5.26 Å². The van der Waals surface area contributed by atoms with Crippen LogP contribution >= 0.6 is 0 Å². The molecule has 1 heterocycles. The van der Waals surface area contributed by atoms with Crippen molar-refractivity contribution in [3.8, 4) is 17.3 Å². The van der Waals surface area contributed by atoms with Gasteiger partial charge in [0.25, 0.3) is 5.91 Å². The zero-order chi connectivity index (χ0) is 20.3. The Morgan fingerprint density at radius 1 is 1.32 bits per heavy atom. The van der Waals surface area contributed by atoms with Gasteiger partial charge in [0.15, 0.2) is 5.60 Å². The molecule has 1 amide bonds. The largest absolute Gasteiger partial charge is 0.378 e. The molecule has 0 saturated carbocycles. The fourth-order valence-electron chi connectivity index (χ4n) is 2.71. The summed E-state index contributed by atoms with van der Waals surface area (Å²) in [5, 5.41) is 30.1. The molecular formula is C20H18FN5O2. The zero-order valence-electron chi connectivity index (χ0n) is 15.3. The van der Waals surface area contributed by atoms with Crippen LogP contribution in [0.1, 0.15) is 18.1 Å². The molecule has 0 aliphatic rings. The Morgan fingerprint density at radius 3 is 2.68 bits per heavy atom. The highest BCUT2D eigenvalue weighted by molar-refractivity contribution is 5.96. The van der Waals surface area contributed by atoms with Crippen LogP contribution in [0.2, 0.25) is 0 Å². The second-order valence-electron chi connectivity index (χ2n) is 6.65. The Labute approximate surface area is 161 Å². The smallest absolute Gasteiger partial charge is 0.257 e. The van der Waals surface area contributed by atoms with Crippen molar-refractivity contribution >= 4 is 11.6 Å². The lowest BCUT2D eigenvalue weighted by Crippen LogP contribution is -2.44. The first-order chi connectivity index (χ1) is 13.3. The summed E-state index contributed by atoms with van der Waals surface area (Å²) in [4.78, 5) is 12.6. The van der Waals surface area contributed by atoms with Crippen LogP contribution in [-0.4, -0.2) is 31.6 Å². The number of benzene rings is 2. The maximum absolute atomic E-state index is 13.1. The van der Waals surface area contributed by atoms with Crippen molar-refractivity contribution in [1.82, 2.24) is 15.0 Å². The van der Waals surface area contributed by atoms with Gasteiger partial charge in [-0.3, -0.25) is 4.79 Å². The fourth-order valence-corrected chi connectivity index (χ4v) is 2.71. The molecule has 8 heteroatoms. The Kier molecular flexibility index (Phi) is 5.20. The molecule has 0 aliphatic carbocycles. The first-order valence-corrected chi connectivity index (χ1v) is 8.49. The number of carbonyl (C=O) groups excluding carboxylic acids is 1. The Balaban J connectivity index is 1.78. The minimum absolute atomic E-state index is 0.152. The van der Waals surface area contributed by atoms with E-state index in [0.717, 1.165) is 5.56 Å². The summed E-state index contributed by atoms with van der Waals surface area (Å²) >= 11 is 0. The molecule has 2 N–H and O–H groups in total. The van der Waals surface area contributed by atoms with Gasteiger partial charge in [0.2, 0.25) is 0 Å². The average molecular weight is 379 g/mol. The van der Waals surface area contributed by atoms with Gasteiger partial charge in [0.05, 0.1) is 30.1 Å². The van der Waals surface area contributed by atoms with Crippen LogP contribution in [0.3, 0.4) is 0 Å². The minimum Gasteiger partial charge on any atom is -0.378 e. The average Bonchev–Trinajstić information content (AvgIpc) is 3.10. The van der Waals surface area contributed by atoms with E-state index in [0.29, 0.717) is 22.5 Å². The maximum Gasteiger partial charge on any atom is 0.257 e. The SMILES string of the molecule is Cc1cc(NC(=O)C(C)(O)Cn2nncc2-c2ccc(F)cc2)ccc1C#N. The Bertz CT molecular complexity index is 1050. The quantitative estimate of drug-likeness (QED) is 0.709. The molecule has 1 atom stereocenters. The van der Waals surface area contributed by atoms with Crippen molar-refractivity contribution < 1.29 is 14.3 Å². The van der Waals surface area contributed by atoms with E-state index in [1.165, 1.54) is 29.9 Å². The van der Waals surface area contributed by atoms with Crippen LogP contribution in [0.5, 0.6) is 0 Å². The molecule has 3 aromatic rings. The maximum atomic E-state index is 13.1. The van der Waals surface area contributed by atoms with Crippen molar-refractivity contribution in [3.05, 3.63) is 65.6 Å². The topological polar surface area (TPSA) is 104 Å². The van der Waals surface area contributed by atoms with Gasteiger partial charge in [0.1, 0.15) is 5.82 Å². The minimum atomic E-state index is -1.79. The molecule has 1 aromatic heterocycles. The molecular weight excluding hydrogens is 361 g/mol. The van der Waals surface area contributed by atoms with Crippen LogP contribution < -0.4 is 5.32 Å². The Morgan fingerprint density at radius 2 is 2.04 bits per heavy atom. The number of hydrogen-bond donors (Lipinski definition) is 2. The number of carbonyl (C=O) groups is 1. The monoisotopic (exact) mass is 379 g/mol. The number of nitrogens with one attached hydrogen (secondary N) is 1. The molecule has 0 fully saturated rings. The summed E-state index contributed by atoms with van der Waals surface area (Å²) in [7, 11) is 0. The number of amides is 1. The van der Waals surface area contributed by atoms with Gasteiger partial charge < -0.3 is 10.4 Å². The number of halogens is 1. The number of anilines is 1. The van der Waals surface area contributed by atoms with Crippen molar-refractivity contribution in [2.75, 3.05) is 5.32 Å². The molecule has 2 aromatic carbocycles. The van der Waals surface area contributed by atoms with Crippen molar-refractivity contribution in [2.24, 2.45) is 0 Å². The molecule has 1 unspecified atom stereocenters. The number of aliphatic hydroxyl groups is 1. The number of aromatic nitrogens is 3. The summed E-state index contributed by atoms with van der Waals surface area (Å²) in [5.74, 6) is -0.996. The Hall–Kier alpha value is -3.57. The van der Waals surface area contributed by atoms with Crippen LogP contribution in [0.15, 0.2) is 48.7 Å². The molecule has 28 heavy (non-hydrogen) atoms. The number of nitriles is 1. The van der Waals surface area contributed by atoms with Gasteiger partial charge in [-0.05, 0) is 61.9 Å². The number of hydrogen-bond acceptors (Lipinski definition) is 5. The molecule has 0 spiro atoms. The third-order valence-electron chi connectivity index (χ3n) is 4.31. The van der Waals surface area contributed by atoms with E-state index in [1.54, 1.807) is 37.3 Å². The molecule has 7 nitrogen and oxygen atoms in total. The zero-order valence-corrected chi connectivity index (χ0v) is 15.3. The fraction of sp³-hybridized carbons (Fsp3) is 0.200. The van der Waals surface area contributed by atoms with E-state index in [4.69, 9.17) is 5.26 Å². The standard InChI is InChI=1S/C20H18FN5O2/c1-13-9-17(8-5-15(13)10-22)24-19(27)20(2,28)12-26-18(11-23-25-26)14-3-6-16(21)7-4-14/h3-9,11,28H,12H2,1-2H3,(H,24,27). The molecule has 0 bridgehead atoms. The highest BCUT2D eigenvalue weighted by atomic mass is 19.1. The number of aryl methyl sites for hydroxylation is 1. The molecule has 0 saturated heterocycles. The third kappa shape index (κ3) is 4.05. The predicted octanol–water partition coefficient (Wildman–Crippen LogP) is 2.65. The van der Waals surface area contributed by atoms with Crippen LogP contribution in [0, 0.1) is 24.1 Å². The molecule has 3 rings (SSSR count). The predicted molar refractivity (Wildman–Crippen MR) is 101 cm³/mol. The first-order valence-electron chi connectivity index (χ1n) is 8.49. The van der Waals surface area contributed by atoms with Gasteiger partial charge in [0, 0.05) is 11.3 Å². The van der Waals surface area contributed by atoms with E-state index < -0.39 is 11.5 Å². The third-order valence-corrected chi connectivity index (χ3v) is 4.31. The van der Waals surface area contributed by atoms with E-state index in [1.807, 2.05) is 0 Å². The molecule has 142 valence electrons. The molecule has 0 aliphatic heterocycles. The normalized spacial score (nSPS) is 12.8. The van der Waals surface area contributed by atoms with E-state index in [-0.39, 0.29) is 12.4 Å². The second-order valence-corrected chi connectivity index (χ2v) is 6.65. The summed E-state index contributed by atoms with van der Waals surface area (Å²) in [6, 6.07) is 12.7. The highest BCUT2D eigenvalue weighted by Gasteiger charge is 2.32. The van der Waals surface area contributed by atoms with Gasteiger partial charge in [-0.1, -0.05) is 5.21 Å². The van der Waals surface area contributed by atoms with Crippen LogP contribution in [-0.2, 0) is 11.3 Å². The van der Waals surface area contributed by atoms with Crippen LogP contribution in [0.4, 0.5) is 10.1 Å². The van der Waals surface area contributed by atoms with Gasteiger partial charge >= 0.3 is 0 Å². The lowest BCUT2D eigenvalue weighted by Gasteiger charge is -2.23. The van der Waals surface area contributed by atoms with Gasteiger partial charge in [-0.2, -0.15) is 5.26 Å². The van der Waals surface area contributed by atoms with E-state index in [9.17, 15) is 14.3 Å². The number of nitrogens with zero attached hydrogens (tertiary/aromatic N) is 4. The summed E-state index contributed by atoms with van der Waals surface area (Å²) in [5.41, 5.74) is 1.11. The van der Waals surface area contributed by atoms with Gasteiger partial charge in [-0.25, -0.2) is 9.07 Å². The van der Waals surface area contributed by atoms with E-state index in [2.05, 4.69) is 21.7 Å². The molecule has 0 radical (unpaired) electrons. The summed E-state index contributed by atoms with van der Waals surface area (Å²) in [6.07, 6.45) is 1.48. The summed E-state index contributed by atoms with van der Waals surface area (Å²) in [6.45, 7) is 2.98. The lowest BCUT2D eigenvalue weighted by molar-refractivity contribution is -0.133. The van der Waals surface area contributed by atoms with Gasteiger partial charge in [-0.15, -0.1) is 5.10 Å². The summed E-state index contributed by atoms with van der Waals surface area (Å²) < 4.78 is 14.5.